The van der Waals surface area contributed by atoms with Crippen LogP contribution >= 0.6 is 55.6 Å². The van der Waals surface area contributed by atoms with Crippen LogP contribution in [0.3, 0.4) is 0 Å². The van der Waals surface area contributed by atoms with Gasteiger partial charge in [0.1, 0.15) is 0 Å². The quantitative estimate of drug-likeness (QED) is 0.563. The number of nitrogens with one attached hydrogen (secondary N) is 1. The maximum atomic E-state index is 12.7. The van der Waals surface area contributed by atoms with Gasteiger partial charge in [-0.05, 0) is 56.9 Å². The highest BCUT2D eigenvalue weighted by Crippen LogP contribution is 2.46. The number of hydrogen-bond acceptors (Lipinski definition) is 5. The molecule has 1 unspecified atom stereocenters. The zero-order valence-electron chi connectivity index (χ0n) is 16.4. The number of hydrogen-bond donors (Lipinski definition) is 1. The molecule has 0 spiro atoms. The van der Waals surface area contributed by atoms with Crippen molar-refractivity contribution in [2.45, 2.75) is 25.4 Å². The largest absolute Gasteiger partial charge is 0.348 e. The summed E-state index contributed by atoms with van der Waals surface area (Å²) < 4.78 is 1.76. The smallest absolute Gasteiger partial charge is 0.234 e. The molecule has 1 fully saturated rings. The van der Waals surface area contributed by atoms with E-state index in [4.69, 9.17) is 0 Å². The van der Waals surface area contributed by atoms with E-state index in [1.54, 1.807) is 0 Å². The summed E-state index contributed by atoms with van der Waals surface area (Å²) in [6.07, 6.45) is 1.39. The van der Waals surface area contributed by atoms with Crippen molar-refractivity contribution < 1.29 is 9.59 Å². The molecule has 4 rings (SSSR count). The van der Waals surface area contributed by atoms with Crippen molar-refractivity contribution in [2.75, 3.05) is 32.7 Å². The third-order valence-corrected chi connectivity index (χ3v) is 8.08. The van der Waals surface area contributed by atoms with Gasteiger partial charge in [-0.25, -0.2) is 0 Å². The summed E-state index contributed by atoms with van der Waals surface area (Å²) in [5.41, 5.74) is 2.97. The van der Waals surface area contributed by atoms with Crippen LogP contribution in [0.4, 0.5) is 0 Å². The van der Waals surface area contributed by atoms with Gasteiger partial charge in [-0.2, -0.15) is 0 Å². The number of halogens is 3. The molecule has 1 atom stereocenters. The van der Waals surface area contributed by atoms with Crippen LogP contribution in [0.25, 0.3) is 0 Å². The Kier molecular flexibility index (Phi) is 8.52. The van der Waals surface area contributed by atoms with Crippen LogP contribution in [-0.2, 0) is 11.3 Å². The van der Waals surface area contributed by atoms with E-state index in [1.807, 2.05) is 6.07 Å². The zero-order valence-corrected chi connectivity index (χ0v) is 21.2. The Balaban J connectivity index is 0.00000256. The van der Waals surface area contributed by atoms with E-state index in [0.29, 0.717) is 13.0 Å². The first-order valence-corrected chi connectivity index (χ1v) is 12.2. The standard InChI is InChI=1S/C21H23Br2N3O2S.ClH/c22-20-18-15(11-16(27)19(18)21(23)29-20)24-17(28)13-26-8-4-7-25(9-10-26)12-14-5-2-1-3-6-14;/h1-3,5-6,15H,4,7-13H2,(H,24,28);1H. The van der Waals surface area contributed by atoms with Gasteiger partial charge < -0.3 is 5.32 Å². The summed E-state index contributed by atoms with van der Waals surface area (Å²) in [4.78, 5) is 29.7. The van der Waals surface area contributed by atoms with E-state index in [-0.39, 0.29) is 30.1 Å². The van der Waals surface area contributed by atoms with Gasteiger partial charge in [0.15, 0.2) is 5.78 Å². The number of benzene rings is 1. The van der Waals surface area contributed by atoms with Crippen molar-refractivity contribution in [2.24, 2.45) is 0 Å². The Morgan fingerprint density at radius 3 is 2.53 bits per heavy atom. The van der Waals surface area contributed by atoms with Gasteiger partial charge in [0, 0.05) is 37.2 Å². The number of carbonyl (C=O) groups excluding carboxylic acids is 2. The van der Waals surface area contributed by atoms with Gasteiger partial charge in [-0.3, -0.25) is 19.4 Å². The average molecular weight is 578 g/mol. The molecule has 2 aromatic rings. The molecule has 1 aromatic heterocycles. The zero-order chi connectivity index (χ0) is 20.4. The molecule has 30 heavy (non-hydrogen) atoms. The summed E-state index contributed by atoms with van der Waals surface area (Å²) >= 11 is 8.49. The predicted octanol–water partition coefficient (Wildman–Crippen LogP) is 4.65. The second kappa shape index (κ2) is 10.7. The molecule has 0 saturated carbocycles. The SMILES string of the molecule is Cl.O=C(CN1CCCN(Cc2ccccc2)CC1)NC1CC(=O)c2c(Br)sc(Br)c21. The lowest BCUT2D eigenvalue weighted by Gasteiger charge is -2.22. The minimum Gasteiger partial charge on any atom is -0.348 e. The topological polar surface area (TPSA) is 52.7 Å². The van der Waals surface area contributed by atoms with Gasteiger partial charge in [-0.15, -0.1) is 23.7 Å². The third kappa shape index (κ3) is 5.53. The molecule has 0 radical (unpaired) electrons. The van der Waals surface area contributed by atoms with E-state index in [0.717, 1.165) is 57.8 Å². The van der Waals surface area contributed by atoms with Gasteiger partial charge in [0.2, 0.25) is 5.91 Å². The molecule has 1 aliphatic heterocycles. The summed E-state index contributed by atoms with van der Waals surface area (Å²) in [6.45, 7) is 5.13. The maximum Gasteiger partial charge on any atom is 0.234 e. The van der Waals surface area contributed by atoms with Crippen molar-refractivity contribution >= 4 is 67.3 Å². The van der Waals surface area contributed by atoms with E-state index in [1.165, 1.54) is 16.9 Å². The summed E-state index contributed by atoms with van der Waals surface area (Å²) in [6, 6.07) is 10.3. The maximum absolute atomic E-state index is 12.7. The van der Waals surface area contributed by atoms with Gasteiger partial charge in [-0.1, -0.05) is 30.3 Å². The number of ketones is 1. The molecule has 1 aliphatic carbocycles. The highest BCUT2D eigenvalue weighted by Gasteiger charge is 2.36. The highest BCUT2D eigenvalue weighted by atomic mass is 79.9. The minimum absolute atomic E-state index is 0. The molecule has 2 heterocycles. The first kappa shape index (κ1) is 23.9. The molecule has 1 amide bonds. The molecule has 162 valence electrons. The molecule has 9 heteroatoms. The summed E-state index contributed by atoms with van der Waals surface area (Å²) in [7, 11) is 0. The molecule has 0 bridgehead atoms. The molecule has 5 nitrogen and oxygen atoms in total. The number of nitrogens with zero attached hydrogens (tertiary/aromatic N) is 2. The fourth-order valence-electron chi connectivity index (χ4n) is 4.10. The van der Waals surface area contributed by atoms with Crippen molar-refractivity contribution in [1.82, 2.24) is 15.1 Å². The van der Waals surface area contributed by atoms with Crippen molar-refractivity contribution in [1.29, 1.82) is 0 Å². The molecule has 1 saturated heterocycles. The van der Waals surface area contributed by atoms with Crippen LogP contribution in [0, 0.1) is 0 Å². The summed E-state index contributed by atoms with van der Waals surface area (Å²) in [5.74, 6) is 0.0758. The Hall–Kier alpha value is -0.770. The van der Waals surface area contributed by atoms with Crippen LogP contribution in [0.15, 0.2) is 37.9 Å². The second-order valence-electron chi connectivity index (χ2n) is 7.58. The Morgan fingerprint density at radius 2 is 1.77 bits per heavy atom. The van der Waals surface area contributed by atoms with Gasteiger partial charge in [0.25, 0.3) is 0 Å². The first-order chi connectivity index (χ1) is 14.0. The number of Topliss-reactive ketones (excluding diaryl/α,β-unsaturated/α-hetero) is 1. The lowest BCUT2D eigenvalue weighted by molar-refractivity contribution is -0.122. The van der Waals surface area contributed by atoms with E-state index in [2.05, 4.69) is 71.2 Å². The number of rotatable bonds is 5. The highest BCUT2D eigenvalue weighted by molar-refractivity contribution is 9.12. The number of thiophene rings is 1. The third-order valence-electron chi connectivity index (χ3n) is 5.51. The lowest BCUT2D eigenvalue weighted by atomic mass is 10.2. The van der Waals surface area contributed by atoms with Gasteiger partial charge >= 0.3 is 0 Å². The van der Waals surface area contributed by atoms with Crippen molar-refractivity contribution in [3.05, 3.63) is 54.6 Å². The van der Waals surface area contributed by atoms with E-state index < -0.39 is 0 Å². The minimum atomic E-state index is -0.233. The van der Waals surface area contributed by atoms with Crippen molar-refractivity contribution in [3.63, 3.8) is 0 Å². The number of carbonyl (C=O) groups is 2. The molecular weight excluding hydrogens is 554 g/mol. The fraction of sp³-hybridized carbons (Fsp3) is 0.429. The lowest BCUT2D eigenvalue weighted by Crippen LogP contribution is -2.40. The Morgan fingerprint density at radius 1 is 1.07 bits per heavy atom. The monoisotopic (exact) mass is 575 g/mol. The fourth-order valence-corrected chi connectivity index (χ4v) is 7.47. The molecule has 1 N–H and O–H groups in total. The molecule has 1 aromatic carbocycles. The Labute approximate surface area is 203 Å². The van der Waals surface area contributed by atoms with E-state index >= 15 is 0 Å². The van der Waals surface area contributed by atoms with Crippen LogP contribution in [0.5, 0.6) is 0 Å². The second-order valence-corrected chi connectivity index (χ2v) is 11.2. The van der Waals surface area contributed by atoms with Gasteiger partial charge in [0.05, 0.1) is 20.2 Å². The van der Waals surface area contributed by atoms with Crippen LogP contribution in [0.1, 0.15) is 40.4 Å². The molecule has 2 aliphatic rings. The van der Waals surface area contributed by atoms with Crippen LogP contribution in [0.2, 0.25) is 0 Å². The average Bonchev–Trinajstić information content (AvgIpc) is 3.07. The predicted molar refractivity (Wildman–Crippen MR) is 130 cm³/mol. The first-order valence-electron chi connectivity index (χ1n) is 9.80. The number of amides is 1. The summed E-state index contributed by atoms with van der Waals surface area (Å²) in [5, 5.41) is 3.08. The molecular formula is C21H24Br2ClN3O2S. The number of fused-ring (bicyclic) bond motifs is 1. The Bertz CT molecular complexity index is 909. The van der Waals surface area contributed by atoms with Crippen LogP contribution < -0.4 is 5.32 Å². The van der Waals surface area contributed by atoms with Crippen molar-refractivity contribution in [3.8, 4) is 0 Å². The van der Waals surface area contributed by atoms with E-state index in [9.17, 15) is 9.59 Å². The van der Waals surface area contributed by atoms with Crippen LogP contribution in [-0.4, -0.2) is 54.2 Å². The normalized spacial score (nSPS) is 19.8.